The lowest BCUT2D eigenvalue weighted by molar-refractivity contribution is -0.121. The second kappa shape index (κ2) is 10.4. The number of rotatable bonds is 10. The van der Waals surface area contributed by atoms with Gasteiger partial charge in [-0.2, -0.15) is 0 Å². The van der Waals surface area contributed by atoms with Crippen LogP contribution in [0.3, 0.4) is 0 Å². The van der Waals surface area contributed by atoms with E-state index in [9.17, 15) is 13.2 Å². The Kier molecular flexibility index (Phi) is 7.65. The number of ether oxygens (including phenoxy) is 3. The zero-order valence-corrected chi connectivity index (χ0v) is 19.9. The molecule has 1 atom stereocenters. The van der Waals surface area contributed by atoms with Crippen LogP contribution in [0.15, 0.2) is 60.7 Å². The molecule has 0 aliphatic heterocycles. The second-order valence-electron chi connectivity index (χ2n) is 7.39. The molecule has 176 valence electrons. The van der Waals surface area contributed by atoms with Crippen LogP contribution >= 0.6 is 0 Å². The number of carbonyl (C=O) groups excluding carboxylic acids is 1. The molecule has 9 heteroatoms. The smallest absolute Gasteiger partial charge is 0.243 e. The van der Waals surface area contributed by atoms with E-state index in [0.29, 0.717) is 17.2 Å². The van der Waals surface area contributed by atoms with Crippen LogP contribution in [0.1, 0.15) is 6.92 Å². The Labute approximate surface area is 194 Å². The first kappa shape index (κ1) is 24.2. The van der Waals surface area contributed by atoms with Crippen molar-refractivity contribution in [3.8, 4) is 17.2 Å². The SMILES string of the molecule is COc1ccc(N([C@H](C)C(=O)NCCOc2cccc3ccccc23)S(C)(=O)=O)cc1OC. The molecule has 0 bridgehead atoms. The fourth-order valence-corrected chi connectivity index (χ4v) is 4.74. The maximum Gasteiger partial charge on any atom is 0.243 e. The van der Waals surface area contributed by atoms with Crippen LogP contribution in [0, 0.1) is 0 Å². The van der Waals surface area contributed by atoms with Gasteiger partial charge >= 0.3 is 0 Å². The van der Waals surface area contributed by atoms with E-state index in [1.165, 1.54) is 27.2 Å². The number of hydrogen-bond donors (Lipinski definition) is 1. The third-order valence-corrected chi connectivity index (χ3v) is 6.36. The van der Waals surface area contributed by atoms with Crippen molar-refractivity contribution in [2.24, 2.45) is 0 Å². The van der Waals surface area contributed by atoms with Gasteiger partial charge in [0, 0.05) is 11.5 Å². The van der Waals surface area contributed by atoms with Crippen molar-refractivity contribution in [3.05, 3.63) is 60.7 Å². The van der Waals surface area contributed by atoms with E-state index in [0.717, 1.165) is 27.1 Å². The van der Waals surface area contributed by atoms with Gasteiger partial charge in [-0.1, -0.05) is 36.4 Å². The molecule has 0 aliphatic rings. The fraction of sp³-hybridized carbons (Fsp3) is 0.292. The normalized spacial score (nSPS) is 12.1. The highest BCUT2D eigenvalue weighted by Gasteiger charge is 2.29. The summed E-state index contributed by atoms with van der Waals surface area (Å²) in [6.45, 7) is 1.98. The minimum Gasteiger partial charge on any atom is -0.493 e. The number of sulfonamides is 1. The summed E-state index contributed by atoms with van der Waals surface area (Å²) in [6, 6.07) is 17.3. The van der Waals surface area contributed by atoms with Gasteiger partial charge < -0.3 is 19.5 Å². The van der Waals surface area contributed by atoms with E-state index >= 15 is 0 Å². The number of nitrogens with one attached hydrogen (secondary N) is 1. The summed E-state index contributed by atoms with van der Waals surface area (Å²) in [5, 5.41) is 4.79. The lowest BCUT2D eigenvalue weighted by Gasteiger charge is -2.28. The molecule has 0 heterocycles. The molecule has 0 aliphatic carbocycles. The number of carbonyl (C=O) groups is 1. The predicted octanol–water partition coefficient (Wildman–Crippen LogP) is 3.21. The van der Waals surface area contributed by atoms with Crippen LogP contribution in [0.2, 0.25) is 0 Å². The molecule has 33 heavy (non-hydrogen) atoms. The molecular formula is C24H28N2O6S. The number of fused-ring (bicyclic) bond motifs is 1. The van der Waals surface area contributed by atoms with Gasteiger partial charge in [0.05, 0.1) is 32.7 Å². The zero-order valence-electron chi connectivity index (χ0n) is 19.1. The molecule has 8 nitrogen and oxygen atoms in total. The predicted molar refractivity (Wildman–Crippen MR) is 129 cm³/mol. The monoisotopic (exact) mass is 472 g/mol. The lowest BCUT2D eigenvalue weighted by Crippen LogP contribution is -2.48. The quantitative estimate of drug-likeness (QED) is 0.456. The highest BCUT2D eigenvalue weighted by molar-refractivity contribution is 7.92. The summed E-state index contributed by atoms with van der Waals surface area (Å²) in [7, 11) is -0.815. The molecule has 3 rings (SSSR count). The average molecular weight is 473 g/mol. The number of methoxy groups -OCH3 is 2. The minimum absolute atomic E-state index is 0.218. The van der Waals surface area contributed by atoms with Gasteiger partial charge in [-0.3, -0.25) is 9.10 Å². The molecule has 3 aromatic rings. The van der Waals surface area contributed by atoms with Crippen LogP contribution in [0.4, 0.5) is 5.69 Å². The molecule has 3 aromatic carbocycles. The summed E-state index contributed by atoms with van der Waals surface area (Å²) in [5.41, 5.74) is 0.296. The number of amides is 1. The number of anilines is 1. The summed E-state index contributed by atoms with van der Waals surface area (Å²) in [6.07, 6.45) is 1.05. The molecule has 1 N–H and O–H groups in total. The fourth-order valence-electron chi connectivity index (χ4n) is 3.58. The third kappa shape index (κ3) is 5.67. The van der Waals surface area contributed by atoms with E-state index in [4.69, 9.17) is 14.2 Å². The van der Waals surface area contributed by atoms with Crippen LogP contribution in [-0.2, 0) is 14.8 Å². The van der Waals surface area contributed by atoms with Crippen LogP contribution in [0.25, 0.3) is 10.8 Å². The molecule has 0 aromatic heterocycles. The van der Waals surface area contributed by atoms with Crippen molar-refractivity contribution in [1.29, 1.82) is 0 Å². The van der Waals surface area contributed by atoms with E-state index in [1.54, 1.807) is 12.1 Å². The Hall–Kier alpha value is -3.46. The summed E-state index contributed by atoms with van der Waals surface area (Å²) >= 11 is 0. The Morgan fingerprint density at radius 1 is 0.970 bits per heavy atom. The van der Waals surface area contributed by atoms with Gasteiger partial charge in [-0.15, -0.1) is 0 Å². The molecule has 0 fully saturated rings. The maximum absolute atomic E-state index is 12.8. The second-order valence-corrected chi connectivity index (χ2v) is 9.25. The first-order chi connectivity index (χ1) is 15.8. The van der Waals surface area contributed by atoms with Gasteiger partial charge in [-0.25, -0.2) is 8.42 Å². The highest BCUT2D eigenvalue weighted by Crippen LogP contribution is 2.33. The molecule has 0 spiro atoms. The van der Waals surface area contributed by atoms with E-state index in [-0.39, 0.29) is 13.2 Å². The van der Waals surface area contributed by atoms with Crippen molar-refractivity contribution >= 4 is 32.4 Å². The van der Waals surface area contributed by atoms with Crippen LogP contribution in [0.5, 0.6) is 17.2 Å². The molecule has 1 amide bonds. The van der Waals surface area contributed by atoms with E-state index in [2.05, 4.69) is 5.32 Å². The van der Waals surface area contributed by atoms with Crippen molar-refractivity contribution in [2.75, 3.05) is 37.9 Å². The molecule has 0 saturated heterocycles. The number of benzene rings is 3. The Balaban J connectivity index is 1.67. The topological polar surface area (TPSA) is 94.2 Å². The van der Waals surface area contributed by atoms with Crippen molar-refractivity contribution in [1.82, 2.24) is 5.32 Å². The van der Waals surface area contributed by atoms with Gasteiger partial charge in [0.1, 0.15) is 18.4 Å². The zero-order chi connectivity index (χ0) is 24.0. The Morgan fingerprint density at radius 2 is 1.67 bits per heavy atom. The average Bonchev–Trinajstić information content (AvgIpc) is 2.80. The summed E-state index contributed by atoms with van der Waals surface area (Å²) < 4.78 is 42.4. The third-order valence-electron chi connectivity index (χ3n) is 5.12. The maximum atomic E-state index is 12.8. The minimum atomic E-state index is -3.76. The number of hydrogen-bond acceptors (Lipinski definition) is 6. The molecular weight excluding hydrogens is 444 g/mol. The van der Waals surface area contributed by atoms with Crippen LogP contribution < -0.4 is 23.8 Å². The van der Waals surface area contributed by atoms with Crippen molar-refractivity contribution < 1.29 is 27.4 Å². The first-order valence-corrected chi connectivity index (χ1v) is 12.2. The van der Waals surface area contributed by atoms with Crippen LogP contribution in [-0.4, -0.2) is 54.0 Å². The lowest BCUT2D eigenvalue weighted by atomic mass is 10.1. The largest absolute Gasteiger partial charge is 0.493 e. The van der Waals surface area contributed by atoms with Gasteiger partial charge in [0.15, 0.2) is 11.5 Å². The Bertz CT molecular complexity index is 1220. The van der Waals surface area contributed by atoms with Gasteiger partial charge in [-0.05, 0) is 30.5 Å². The Morgan fingerprint density at radius 3 is 2.36 bits per heavy atom. The molecule has 0 radical (unpaired) electrons. The highest BCUT2D eigenvalue weighted by atomic mass is 32.2. The van der Waals surface area contributed by atoms with Crippen molar-refractivity contribution in [2.45, 2.75) is 13.0 Å². The first-order valence-electron chi connectivity index (χ1n) is 10.4. The standard InChI is InChI=1S/C24H28N2O6S/c1-17(26(33(4,28)29)19-12-13-22(30-2)23(16-19)31-3)24(27)25-14-15-32-21-11-7-9-18-8-5-6-10-20(18)21/h5-13,16-17H,14-15H2,1-4H3,(H,25,27)/t17-/m1/s1. The van der Waals surface area contributed by atoms with Crippen molar-refractivity contribution in [3.63, 3.8) is 0 Å². The molecule has 0 saturated carbocycles. The van der Waals surface area contributed by atoms with Gasteiger partial charge in [0.2, 0.25) is 15.9 Å². The summed E-state index contributed by atoms with van der Waals surface area (Å²) in [5.74, 6) is 1.09. The molecule has 0 unspecified atom stereocenters. The van der Waals surface area contributed by atoms with E-state index in [1.807, 2.05) is 42.5 Å². The van der Waals surface area contributed by atoms with Gasteiger partial charge in [0.25, 0.3) is 0 Å². The summed E-state index contributed by atoms with van der Waals surface area (Å²) in [4.78, 5) is 12.8. The van der Waals surface area contributed by atoms with E-state index < -0.39 is 22.0 Å². The number of nitrogens with zero attached hydrogens (tertiary/aromatic N) is 1.